The fourth-order valence-electron chi connectivity index (χ4n) is 2.57. The second-order valence-electron chi connectivity index (χ2n) is 5.42. The number of fused-ring (bicyclic) bond motifs is 1. The Morgan fingerprint density at radius 2 is 1.95 bits per heavy atom. The van der Waals surface area contributed by atoms with Crippen LogP contribution < -0.4 is 0 Å². The van der Waals surface area contributed by atoms with Gasteiger partial charge in [0.1, 0.15) is 11.5 Å². The van der Waals surface area contributed by atoms with Crippen molar-refractivity contribution >= 4 is 16.6 Å². The molecule has 0 saturated heterocycles. The number of ketones is 1. The van der Waals surface area contributed by atoms with Crippen LogP contribution in [0.25, 0.3) is 10.8 Å². The van der Waals surface area contributed by atoms with E-state index in [0.717, 1.165) is 30.2 Å². The van der Waals surface area contributed by atoms with E-state index >= 15 is 0 Å². The highest BCUT2D eigenvalue weighted by molar-refractivity contribution is 5.87. The Labute approximate surface area is 120 Å². The van der Waals surface area contributed by atoms with Crippen LogP contribution in [0, 0.1) is 6.92 Å². The highest BCUT2D eigenvalue weighted by atomic mass is 16.3. The van der Waals surface area contributed by atoms with Gasteiger partial charge in [-0.05, 0) is 60.2 Å². The lowest BCUT2D eigenvalue weighted by atomic mass is 9.99. The molecular weight excluding hydrogens is 248 g/mol. The Kier molecular flexibility index (Phi) is 4.78. The molecule has 2 nitrogen and oxygen atoms in total. The zero-order valence-electron chi connectivity index (χ0n) is 12.3. The van der Waals surface area contributed by atoms with E-state index in [4.69, 9.17) is 0 Å². The number of phenols is 1. The lowest BCUT2D eigenvalue weighted by Crippen LogP contribution is -1.95. The number of aromatic hydroxyl groups is 1. The predicted molar refractivity (Wildman–Crippen MR) is 83.2 cm³/mol. The van der Waals surface area contributed by atoms with Crippen molar-refractivity contribution in [2.24, 2.45) is 0 Å². The molecule has 2 rings (SSSR count). The van der Waals surface area contributed by atoms with Crippen molar-refractivity contribution in [1.29, 1.82) is 0 Å². The molecule has 20 heavy (non-hydrogen) atoms. The van der Waals surface area contributed by atoms with E-state index in [1.807, 2.05) is 19.9 Å². The molecule has 0 saturated carbocycles. The van der Waals surface area contributed by atoms with Gasteiger partial charge in [0.25, 0.3) is 0 Å². The second-order valence-corrected chi connectivity index (χ2v) is 5.42. The summed E-state index contributed by atoms with van der Waals surface area (Å²) in [7, 11) is 0. The van der Waals surface area contributed by atoms with E-state index in [-0.39, 0.29) is 0 Å². The first kappa shape index (κ1) is 14.6. The number of carbonyl (C=O) groups is 1. The van der Waals surface area contributed by atoms with Gasteiger partial charge in [-0.2, -0.15) is 0 Å². The van der Waals surface area contributed by atoms with Crippen molar-refractivity contribution in [1.82, 2.24) is 0 Å². The fourth-order valence-corrected chi connectivity index (χ4v) is 2.57. The summed E-state index contributed by atoms with van der Waals surface area (Å²) in [5.41, 5.74) is 2.37. The number of Topliss-reactive ketones (excluding diaryl/α,β-unsaturated/α-hetero) is 1. The number of phenolic OH excluding ortho intramolecular Hbond substituents is 1. The summed E-state index contributed by atoms with van der Waals surface area (Å²) in [6, 6.07) is 10.0. The van der Waals surface area contributed by atoms with E-state index in [1.165, 1.54) is 10.9 Å². The van der Waals surface area contributed by atoms with Crippen molar-refractivity contribution < 1.29 is 9.90 Å². The zero-order chi connectivity index (χ0) is 14.5. The number of rotatable bonds is 6. The van der Waals surface area contributed by atoms with Crippen LogP contribution in [0.2, 0.25) is 0 Å². The van der Waals surface area contributed by atoms with E-state index < -0.39 is 0 Å². The van der Waals surface area contributed by atoms with E-state index in [9.17, 15) is 9.90 Å². The Bertz CT molecular complexity index is 614. The number of benzene rings is 2. The number of carbonyl (C=O) groups excluding carboxylic acids is 1. The maximum absolute atomic E-state index is 11.2. The Morgan fingerprint density at radius 1 is 1.15 bits per heavy atom. The lowest BCUT2D eigenvalue weighted by Gasteiger charge is -2.07. The molecule has 106 valence electrons. The van der Waals surface area contributed by atoms with Gasteiger partial charge >= 0.3 is 0 Å². The van der Waals surface area contributed by atoms with Crippen molar-refractivity contribution in [3.05, 3.63) is 41.5 Å². The Hall–Kier alpha value is -1.83. The third-order valence-electron chi connectivity index (χ3n) is 3.77. The second kappa shape index (κ2) is 6.56. The number of hydrogen-bond acceptors (Lipinski definition) is 2. The van der Waals surface area contributed by atoms with Crippen LogP contribution in [-0.4, -0.2) is 10.9 Å². The van der Waals surface area contributed by atoms with Gasteiger partial charge < -0.3 is 5.11 Å². The standard InChI is InChI=1S/C18H22O2/c1-3-16(19)7-5-4-6-14-8-9-18-13(2)10-17(20)12-15(18)11-14/h8-12,20H,3-7H2,1-2H3. The number of unbranched alkanes of at least 4 members (excludes halogenated alkanes) is 1. The van der Waals surface area contributed by atoms with Gasteiger partial charge in [-0.3, -0.25) is 4.79 Å². The molecule has 0 atom stereocenters. The number of hydrogen-bond donors (Lipinski definition) is 1. The van der Waals surface area contributed by atoms with E-state index in [0.29, 0.717) is 24.4 Å². The third kappa shape index (κ3) is 3.60. The molecule has 2 aromatic rings. The molecule has 0 unspecified atom stereocenters. The smallest absolute Gasteiger partial charge is 0.132 e. The Morgan fingerprint density at radius 3 is 2.70 bits per heavy atom. The molecule has 0 aliphatic rings. The van der Waals surface area contributed by atoms with Gasteiger partial charge in [-0.25, -0.2) is 0 Å². The van der Waals surface area contributed by atoms with Gasteiger partial charge in [-0.1, -0.05) is 25.1 Å². The molecule has 0 spiro atoms. The predicted octanol–water partition coefficient (Wildman–Crippen LogP) is 4.55. The van der Waals surface area contributed by atoms with Crippen LogP contribution in [0.5, 0.6) is 5.75 Å². The first-order valence-electron chi connectivity index (χ1n) is 7.34. The van der Waals surface area contributed by atoms with Crippen LogP contribution in [0.4, 0.5) is 0 Å². The van der Waals surface area contributed by atoms with Gasteiger partial charge in [-0.15, -0.1) is 0 Å². The zero-order valence-corrected chi connectivity index (χ0v) is 12.3. The quantitative estimate of drug-likeness (QED) is 0.782. The van der Waals surface area contributed by atoms with E-state index in [1.54, 1.807) is 6.07 Å². The molecule has 0 bridgehead atoms. The SMILES string of the molecule is CCC(=O)CCCCc1ccc2c(C)cc(O)cc2c1. The van der Waals surface area contributed by atoms with Gasteiger partial charge in [0, 0.05) is 12.8 Å². The minimum atomic E-state index is 0.320. The van der Waals surface area contributed by atoms with Gasteiger partial charge in [0.05, 0.1) is 0 Å². The number of aryl methyl sites for hydroxylation is 2. The highest BCUT2D eigenvalue weighted by Crippen LogP contribution is 2.25. The molecule has 2 heteroatoms. The summed E-state index contributed by atoms with van der Waals surface area (Å²) < 4.78 is 0. The summed E-state index contributed by atoms with van der Waals surface area (Å²) >= 11 is 0. The minimum absolute atomic E-state index is 0.320. The molecule has 0 amide bonds. The third-order valence-corrected chi connectivity index (χ3v) is 3.77. The first-order valence-corrected chi connectivity index (χ1v) is 7.34. The molecule has 0 heterocycles. The maximum atomic E-state index is 11.2. The van der Waals surface area contributed by atoms with Crippen LogP contribution >= 0.6 is 0 Å². The van der Waals surface area contributed by atoms with Crippen molar-refractivity contribution in [2.75, 3.05) is 0 Å². The van der Waals surface area contributed by atoms with Crippen LogP contribution in [0.1, 0.15) is 43.7 Å². The highest BCUT2D eigenvalue weighted by Gasteiger charge is 2.03. The largest absolute Gasteiger partial charge is 0.508 e. The monoisotopic (exact) mass is 270 g/mol. The molecule has 0 aliphatic heterocycles. The minimum Gasteiger partial charge on any atom is -0.508 e. The molecule has 2 aromatic carbocycles. The summed E-state index contributed by atoms with van der Waals surface area (Å²) in [6.45, 7) is 3.93. The maximum Gasteiger partial charge on any atom is 0.132 e. The summed E-state index contributed by atoms with van der Waals surface area (Å²) in [4.78, 5) is 11.2. The topological polar surface area (TPSA) is 37.3 Å². The van der Waals surface area contributed by atoms with Crippen LogP contribution in [0.3, 0.4) is 0 Å². The molecule has 0 radical (unpaired) electrons. The molecule has 0 aliphatic carbocycles. The summed E-state index contributed by atoms with van der Waals surface area (Å²) in [6.07, 6.45) is 4.33. The normalized spacial score (nSPS) is 10.9. The molecule has 1 N–H and O–H groups in total. The average Bonchev–Trinajstić information content (AvgIpc) is 2.42. The molecule has 0 fully saturated rings. The first-order chi connectivity index (χ1) is 9.60. The average molecular weight is 270 g/mol. The van der Waals surface area contributed by atoms with Crippen LogP contribution in [0.15, 0.2) is 30.3 Å². The summed E-state index contributed by atoms with van der Waals surface area (Å²) in [5, 5.41) is 11.9. The van der Waals surface area contributed by atoms with Gasteiger partial charge in [0.2, 0.25) is 0 Å². The van der Waals surface area contributed by atoms with Crippen molar-refractivity contribution in [3.8, 4) is 5.75 Å². The van der Waals surface area contributed by atoms with E-state index in [2.05, 4.69) is 18.2 Å². The lowest BCUT2D eigenvalue weighted by molar-refractivity contribution is -0.118. The summed E-state index contributed by atoms with van der Waals surface area (Å²) in [5.74, 6) is 0.671. The van der Waals surface area contributed by atoms with Crippen molar-refractivity contribution in [3.63, 3.8) is 0 Å². The molecular formula is C18H22O2. The molecule has 0 aromatic heterocycles. The fraction of sp³-hybridized carbons (Fsp3) is 0.389. The Balaban J connectivity index is 2.03. The van der Waals surface area contributed by atoms with Gasteiger partial charge in [0.15, 0.2) is 0 Å². The van der Waals surface area contributed by atoms with Crippen molar-refractivity contribution in [2.45, 2.75) is 46.0 Å². The van der Waals surface area contributed by atoms with Crippen LogP contribution in [-0.2, 0) is 11.2 Å².